The molecule has 142 valence electrons. The topological polar surface area (TPSA) is 93.8 Å². The lowest BCUT2D eigenvalue weighted by atomic mass is 10.1. The molecule has 0 saturated carbocycles. The number of carbonyl (C=O) groups is 1. The van der Waals surface area contributed by atoms with E-state index < -0.39 is 0 Å². The minimum atomic E-state index is -0.138. The van der Waals surface area contributed by atoms with Gasteiger partial charge in [-0.25, -0.2) is 0 Å². The van der Waals surface area contributed by atoms with Gasteiger partial charge in [-0.2, -0.15) is 0 Å². The molecule has 0 aliphatic rings. The highest BCUT2D eigenvalue weighted by molar-refractivity contribution is 7.15. The third kappa shape index (κ3) is 5.68. The molecule has 27 heavy (non-hydrogen) atoms. The maximum Gasteiger partial charge on any atom is 0.247 e. The number of aryl methyl sites for hydroxylation is 3. The van der Waals surface area contributed by atoms with Gasteiger partial charge in [-0.3, -0.25) is 4.79 Å². The van der Waals surface area contributed by atoms with E-state index in [1.54, 1.807) is 0 Å². The maximum atomic E-state index is 12.1. The van der Waals surface area contributed by atoms with Crippen molar-refractivity contribution in [2.45, 2.75) is 52.4 Å². The number of nitrogens with one attached hydrogen (secondary N) is 1. The largest absolute Gasteiger partial charge is 0.421 e. The number of carbonyl (C=O) groups excluding carboxylic acids is 1. The third-order valence-electron chi connectivity index (χ3n) is 4.04. The highest BCUT2D eigenvalue weighted by Crippen LogP contribution is 2.20. The fraction of sp³-hybridized carbons (Fsp3) is 0.421. The number of hydrogen-bond donors (Lipinski definition) is 1. The van der Waals surface area contributed by atoms with Gasteiger partial charge in [0.1, 0.15) is 5.01 Å². The second-order valence-electron chi connectivity index (χ2n) is 6.37. The highest BCUT2D eigenvalue weighted by atomic mass is 32.1. The molecule has 0 spiro atoms. The first-order chi connectivity index (χ1) is 13.1. The SMILES string of the molecule is CCCCCc1nnc(NC(=O)CCc2nnc(-c3ccc(C)cc3)o2)s1. The molecule has 2 aromatic heterocycles. The Morgan fingerprint density at radius 1 is 1.07 bits per heavy atom. The Morgan fingerprint density at radius 3 is 2.67 bits per heavy atom. The number of nitrogens with zero attached hydrogens (tertiary/aromatic N) is 4. The normalized spacial score (nSPS) is 10.9. The number of hydrogen-bond acceptors (Lipinski definition) is 7. The van der Waals surface area contributed by atoms with Crippen LogP contribution in [0, 0.1) is 6.92 Å². The van der Waals surface area contributed by atoms with Crippen LogP contribution in [0.1, 0.15) is 49.1 Å². The first-order valence-electron chi connectivity index (χ1n) is 9.15. The van der Waals surface area contributed by atoms with Gasteiger partial charge >= 0.3 is 0 Å². The van der Waals surface area contributed by atoms with Crippen LogP contribution in [0.15, 0.2) is 28.7 Å². The zero-order chi connectivity index (χ0) is 19.1. The molecule has 0 fully saturated rings. The molecule has 0 unspecified atom stereocenters. The molecule has 2 heterocycles. The number of rotatable bonds is 9. The van der Waals surface area contributed by atoms with Gasteiger partial charge in [-0.05, 0) is 25.5 Å². The van der Waals surface area contributed by atoms with Gasteiger partial charge in [0.05, 0.1) is 0 Å². The van der Waals surface area contributed by atoms with E-state index in [1.807, 2.05) is 31.2 Å². The Balaban J connectivity index is 1.47. The third-order valence-corrected chi connectivity index (χ3v) is 4.94. The van der Waals surface area contributed by atoms with Crippen LogP contribution < -0.4 is 5.32 Å². The average Bonchev–Trinajstić information content (AvgIpc) is 3.31. The maximum absolute atomic E-state index is 12.1. The Labute approximate surface area is 162 Å². The van der Waals surface area contributed by atoms with E-state index in [1.165, 1.54) is 29.7 Å². The van der Waals surface area contributed by atoms with Crippen molar-refractivity contribution in [3.63, 3.8) is 0 Å². The van der Waals surface area contributed by atoms with E-state index in [9.17, 15) is 4.79 Å². The first kappa shape index (κ1) is 19.2. The van der Waals surface area contributed by atoms with E-state index >= 15 is 0 Å². The molecular weight excluding hydrogens is 362 g/mol. The molecule has 1 amide bonds. The second-order valence-corrected chi connectivity index (χ2v) is 7.44. The zero-order valence-corrected chi connectivity index (χ0v) is 16.4. The molecule has 3 aromatic rings. The lowest BCUT2D eigenvalue weighted by molar-refractivity contribution is -0.116. The van der Waals surface area contributed by atoms with Crippen LogP contribution in [-0.2, 0) is 17.6 Å². The van der Waals surface area contributed by atoms with Gasteiger partial charge in [-0.1, -0.05) is 48.8 Å². The van der Waals surface area contributed by atoms with Gasteiger partial charge in [0.25, 0.3) is 0 Å². The van der Waals surface area contributed by atoms with Crippen LogP contribution in [-0.4, -0.2) is 26.3 Å². The van der Waals surface area contributed by atoms with Crippen LogP contribution in [0.2, 0.25) is 0 Å². The molecule has 0 bridgehead atoms. The van der Waals surface area contributed by atoms with Crippen molar-refractivity contribution in [2.24, 2.45) is 0 Å². The van der Waals surface area contributed by atoms with Crippen LogP contribution in [0.25, 0.3) is 11.5 Å². The summed E-state index contributed by atoms with van der Waals surface area (Å²) in [5.74, 6) is 0.769. The molecule has 0 atom stereocenters. The van der Waals surface area contributed by atoms with Gasteiger partial charge in [0, 0.05) is 24.8 Å². The van der Waals surface area contributed by atoms with E-state index in [0.717, 1.165) is 23.4 Å². The van der Waals surface area contributed by atoms with Gasteiger partial charge in [0.15, 0.2) is 0 Å². The summed E-state index contributed by atoms with van der Waals surface area (Å²) in [6.07, 6.45) is 4.98. The van der Waals surface area contributed by atoms with Crippen LogP contribution in [0.5, 0.6) is 0 Å². The Morgan fingerprint density at radius 2 is 1.89 bits per heavy atom. The van der Waals surface area contributed by atoms with E-state index in [0.29, 0.717) is 23.3 Å². The molecule has 0 aliphatic heterocycles. The lowest BCUT2D eigenvalue weighted by Crippen LogP contribution is -2.12. The van der Waals surface area contributed by atoms with Gasteiger partial charge in [-0.15, -0.1) is 20.4 Å². The molecule has 1 N–H and O–H groups in total. The fourth-order valence-corrected chi connectivity index (χ4v) is 3.30. The molecule has 8 heteroatoms. The van der Waals surface area contributed by atoms with Crippen molar-refractivity contribution < 1.29 is 9.21 Å². The second kappa shape index (κ2) is 9.36. The number of unbranched alkanes of at least 4 members (excludes halogenated alkanes) is 2. The Hall–Kier alpha value is -2.61. The number of anilines is 1. The monoisotopic (exact) mass is 385 g/mol. The number of aromatic nitrogens is 4. The van der Waals surface area contributed by atoms with E-state index in [4.69, 9.17) is 4.42 Å². The van der Waals surface area contributed by atoms with Crippen molar-refractivity contribution >= 4 is 22.4 Å². The molecule has 0 saturated heterocycles. The molecule has 7 nitrogen and oxygen atoms in total. The quantitative estimate of drug-likeness (QED) is 0.555. The molecule has 0 aliphatic carbocycles. The summed E-state index contributed by atoms with van der Waals surface area (Å²) in [4.78, 5) is 12.1. The van der Waals surface area contributed by atoms with E-state index in [2.05, 4.69) is 32.6 Å². The summed E-state index contributed by atoms with van der Waals surface area (Å²) < 4.78 is 5.64. The molecule has 0 radical (unpaired) electrons. The molecule has 3 rings (SSSR count). The van der Waals surface area contributed by atoms with Gasteiger partial charge < -0.3 is 9.73 Å². The van der Waals surface area contributed by atoms with Crippen LogP contribution in [0.3, 0.4) is 0 Å². The van der Waals surface area contributed by atoms with Crippen molar-refractivity contribution in [1.29, 1.82) is 0 Å². The predicted octanol–water partition coefficient (Wildman–Crippen LogP) is 4.20. The average molecular weight is 385 g/mol. The summed E-state index contributed by atoms with van der Waals surface area (Å²) in [6.45, 7) is 4.19. The number of amides is 1. The minimum Gasteiger partial charge on any atom is -0.421 e. The standard InChI is InChI=1S/C19H23N5O2S/c1-3-4-5-6-17-22-24-19(27-17)20-15(25)11-12-16-21-23-18(26-16)14-9-7-13(2)8-10-14/h7-10H,3-6,11-12H2,1-2H3,(H,20,24,25). The summed E-state index contributed by atoms with van der Waals surface area (Å²) in [5.41, 5.74) is 2.04. The van der Waals surface area contributed by atoms with Crippen molar-refractivity contribution in [3.05, 3.63) is 40.7 Å². The highest BCUT2D eigenvalue weighted by Gasteiger charge is 2.12. The van der Waals surface area contributed by atoms with Crippen molar-refractivity contribution in [3.8, 4) is 11.5 Å². The first-order valence-corrected chi connectivity index (χ1v) is 9.97. The van der Waals surface area contributed by atoms with Crippen molar-refractivity contribution in [2.75, 3.05) is 5.32 Å². The van der Waals surface area contributed by atoms with Crippen LogP contribution in [0.4, 0.5) is 5.13 Å². The lowest BCUT2D eigenvalue weighted by Gasteiger charge is -1.98. The number of benzene rings is 1. The molecule has 1 aromatic carbocycles. The Bertz CT molecular complexity index is 872. The zero-order valence-electron chi connectivity index (χ0n) is 15.6. The Kier molecular flexibility index (Phi) is 6.64. The van der Waals surface area contributed by atoms with Crippen LogP contribution >= 0.6 is 11.3 Å². The summed E-state index contributed by atoms with van der Waals surface area (Å²) in [7, 11) is 0. The summed E-state index contributed by atoms with van der Waals surface area (Å²) in [5, 5.41) is 20.5. The van der Waals surface area contributed by atoms with Gasteiger partial charge in [0.2, 0.25) is 22.8 Å². The molecular formula is C19H23N5O2S. The fourth-order valence-electron chi connectivity index (χ4n) is 2.50. The minimum absolute atomic E-state index is 0.138. The summed E-state index contributed by atoms with van der Waals surface area (Å²) in [6, 6.07) is 7.86. The van der Waals surface area contributed by atoms with E-state index in [-0.39, 0.29) is 12.3 Å². The smallest absolute Gasteiger partial charge is 0.247 e. The summed E-state index contributed by atoms with van der Waals surface area (Å²) >= 11 is 1.43. The van der Waals surface area contributed by atoms with Crippen molar-refractivity contribution in [1.82, 2.24) is 20.4 Å². The predicted molar refractivity (Wildman–Crippen MR) is 105 cm³/mol.